The minimum atomic E-state index is -0.946. The van der Waals surface area contributed by atoms with Crippen LogP contribution in [0.15, 0.2) is 48.5 Å². The largest absolute Gasteiger partial charge is 0.481 e. The van der Waals surface area contributed by atoms with E-state index in [4.69, 9.17) is 14.6 Å². The zero-order valence-electron chi connectivity index (χ0n) is 20.1. The molecule has 3 N–H and O–H groups in total. The van der Waals surface area contributed by atoms with Crippen LogP contribution < -0.4 is 10.6 Å². The molecule has 8 heteroatoms. The summed E-state index contributed by atoms with van der Waals surface area (Å²) in [5.74, 6) is -1.11. The lowest BCUT2D eigenvalue weighted by molar-refractivity contribution is -0.137. The molecule has 2 aliphatic rings. The van der Waals surface area contributed by atoms with Crippen molar-refractivity contribution < 1.29 is 29.0 Å². The lowest BCUT2D eigenvalue weighted by Gasteiger charge is -2.29. The Morgan fingerprint density at radius 1 is 1.11 bits per heavy atom. The zero-order valence-corrected chi connectivity index (χ0v) is 20.1. The number of carbonyl (C=O) groups excluding carboxylic acids is 2. The third-order valence-corrected chi connectivity index (χ3v) is 7.07. The smallest absolute Gasteiger partial charge is 0.407 e. The van der Waals surface area contributed by atoms with Gasteiger partial charge in [-0.15, -0.1) is 0 Å². The summed E-state index contributed by atoms with van der Waals surface area (Å²) < 4.78 is 11.2. The van der Waals surface area contributed by atoms with Gasteiger partial charge in [-0.2, -0.15) is 0 Å². The predicted molar refractivity (Wildman–Crippen MR) is 130 cm³/mol. The number of ether oxygens (including phenoxy) is 2. The molecule has 3 unspecified atom stereocenters. The molecule has 2 amide bonds. The fraction of sp³-hybridized carbons (Fsp3) is 0.444. The summed E-state index contributed by atoms with van der Waals surface area (Å²) in [6, 6.07) is 15.7. The number of amides is 2. The molecule has 0 spiro atoms. The van der Waals surface area contributed by atoms with Crippen molar-refractivity contribution in [2.75, 3.05) is 26.4 Å². The molecule has 35 heavy (non-hydrogen) atoms. The van der Waals surface area contributed by atoms with E-state index in [1.54, 1.807) is 6.92 Å². The van der Waals surface area contributed by atoms with E-state index in [0.717, 1.165) is 22.3 Å². The molecular weight excluding hydrogens is 448 g/mol. The third kappa shape index (κ3) is 5.32. The normalized spacial score (nSPS) is 21.6. The second-order valence-corrected chi connectivity index (χ2v) is 9.70. The maximum Gasteiger partial charge on any atom is 0.407 e. The second kappa shape index (κ2) is 10.5. The van der Waals surface area contributed by atoms with E-state index < -0.39 is 23.5 Å². The van der Waals surface area contributed by atoms with Gasteiger partial charge in [0.1, 0.15) is 6.61 Å². The van der Waals surface area contributed by atoms with Crippen molar-refractivity contribution in [3.8, 4) is 11.1 Å². The highest BCUT2D eigenvalue weighted by Gasteiger charge is 2.47. The number of carboxylic acid groups (broad SMARTS) is 1. The molecule has 1 heterocycles. The molecule has 2 aromatic rings. The summed E-state index contributed by atoms with van der Waals surface area (Å²) in [5.41, 5.74) is 3.63. The number of hydrogen-bond donors (Lipinski definition) is 3. The van der Waals surface area contributed by atoms with Crippen molar-refractivity contribution in [2.24, 2.45) is 11.3 Å². The van der Waals surface area contributed by atoms with E-state index in [1.807, 2.05) is 31.2 Å². The molecule has 8 nitrogen and oxygen atoms in total. The Kier molecular flexibility index (Phi) is 7.40. The first kappa shape index (κ1) is 24.7. The first-order valence-corrected chi connectivity index (χ1v) is 12.0. The minimum Gasteiger partial charge on any atom is -0.481 e. The molecule has 0 saturated carbocycles. The number of alkyl carbamates (subject to hydrolysis) is 1. The number of fused-ring (bicyclic) bond motifs is 3. The van der Waals surface area contributed by atoms with Crippen LogP contribution in [0.2, 0.25) is 0 Å². The van der Waals surface area contributed by atoms with Crippen molar-refractivity contribution in [1.29, 1.82) is 0 Å². The Hall–Kier alpha value is -3.39. The van der Waals surface area contributed by atoms with E-state index >= 15 is 0 Å². The molecule has 3 atom stereocenters. The van der Waals surface area contributed by atoms with Gasteiger partial charge in [-0.25, -0.2) is 4.79 Å². The summed E-state index contributed by atoms with van der Waals surface area (Å²) in [4.78, 5) is 36.4. The zero-order chi connectivity index (χ0) is 25.0. The summed E-state index contributed by atoms with van der Waals surface area (Å²) in [7, 11) is 0. The first-order chi connectivity index (χ1) is 16.8. The van der Waals surface area contributed by atoms with Crippen LogP contribution in [-0.2, 0) is 19.1 Å². The molecule has 2 aromatic carbocycles. The van der Waals surface area contributed by atoms with Crippen LogP contribution in [0.25, 0.3) is 11.1 Å². The van der Waals surface area contributed by atoms with E-state index in [9.17, 15) is 14.4 Å². The Labute approximate surface area is 205 Å². The molecule has 0 radical (unpaired) electrons. The van der Waals surface area contributed by atoms with Crippen molar-refractivity contribution in [2.45, 2.75) is 38.6 Å². The van der Waals surface area contributed by atoms with Crippen molar-refractivity contribution >= 4 is 18.0 Å². The van der Waals surface area contributed by atoms with Gasteiger partial charge in [-0.1, -0.05) is 55.5 Å². The van der Waals surface area contributed by atoms with Crippen LogP contribution in [-0.4, -0.2) is 55.5 Å². The quantitative estimate of drug-likeness (QED) is 0.506. The summed E-state index contributed by atoms with van der Waals surface area (Å²) >= 11 is 0. The molecule has 1 fully saturated rings. The first-order valence-electron chi connectivity index (χ1n) is 12.0. The van der Waals surface area contributed by atoms with E-state index in [1.165, 1.54) is 0 Å². The van der Waals surface area contributed by atoms with Gasteiger partial charge in [0.15, 0.2) is 0 Å². The van der Waals surface area contributed by atoms with Crippen molar-refractivity contribution in [3.63, 3.8) is 0 Å². The number of carbonyl (C=O) groups is 3. The van der Waals surface area contributed by atoms with Crippen molar-refractivity contribution in [1.82, 2.24) is 10.6 Å². The Morgan fingerprint density at radius 2 is 1.74 bits per heavy atom. The van der Waals surface area contributed by atoms with Crippen LogP contribution in [0.3, 0.4) is 0 Å². The van der Waals surface area contributed by atoms with Crippen LogP contribution in [0.4, 0.5) is 4.79 Å². The van der Waals surface area contributed by atoms with E-state index in [-0.39, 0.29) is 44.0 Å². The Morgan fingerprint density at radius 3 is 2.37 bits per heavy atom. The molecule has 1 aliphatic carbocycles. The van der Waals surface area contributed by atoms with Crippen LogP contribution >= 0.6 is 0 Å². The second-order valence-electron chi connectivity index (χ2n) is 9.70. The predicted octanol–water partition coefficient (Wildman–Crippen LogP) is 3.55. The molecule has 1 saturated heterocycles. The molecule has 1 aliphatic heterocycles. The van der Waals surface area contributed by atoms with E-state index in [0.29, 0.717) is 13.0 Å². The maximum atomic E-state index is 12.9. The number of nitrogens with one attached hydrogen (secondary N) is 2. The Balaban J connectivity index is 1.33. The number of hydrogen-bond acceptors (Lipinski definition) is 5. The third-order valence-electron chi connectivity index (χ3n) is 7.07. The summed E-state index contributed by atoms with van der Waals surface area (Å²) in [5, 5.41) is 14.5. The minimum absolute atomic E-state index is 0.0227. The van der Waals surface area contributed by atoms with Gasteiger partial charge in [-0.05, 0) is 41.5 Å². The van der Waals surface area contributed by atoms with Crippen LogP contribution in [0.1, 0.15) is 43.7 Å². The van der Waals surface area contributed by atoms with Gasteiger partial charge in [0, 0.05) is 18.9 Å². The maximum absolute atomic E-state index is 12.9. The summed E-state index contributed by atoms with van der Waals surface area (Å²) in [6.07, 6.45) is -0.0515. The SMILES string of the molecule is CC(CCC(=O)O)CNC(=O)C1(C)COCC1NC(=O)OCC1c2ccccc2-c2ccccc21. The highest BCUT2D eigenvalue weighted by molar-refractivity contribution is 5.84. The van der Waals surface area contributed by atoms with E-state index in [2.05, 4.69) is 34.9 Å². The van der Waals surface area contributed by atoms with Crippen LogP contribution in [0.5, 0.6) is 0 Å². The number of benzene rings is 2. The molecular formula is C27H32N2O6. The molecule has 186 valence electrons. The number of carboxylic acids is 1. The van der Waals surface area contributed by atoms with Gasteiger partial charge in [-0.3, -0.25) is 9.59 Å². The average molecular weight is 481 g/mol. The number of rotatable bonds is 9. The van der Waals surface area contributed by atoms with Crippen molar-refractivity contribution in [3.05, 3.63) is 59.7 Å². The monoisotopic (exact) mass is 480 g/mol. The average Bonchev–Trinajstić information content (AvgIpc) is 3.38. The van der Waals surface area contributed by atoms with Gasteiger partial charge in [0.05, 0.1) is 24.7 Å². The highest BCUT2D eigenvalue weighted by atomic mass is 16.5. The van der Waals surface area contributed by atoms with Gasteiger partial charge < -0.3 is 25.2 Å². The van der Waals surface area contributed by atoms with Gasteiger partial charge in [0.2, 0.25) is 5.91 Å². The lowest BCUT2D eigenvalue weighted by Crippen LogP contribution is -2.54. The molecule has 0 aromatic heterocycles. The topological polar surface area (TPSA) is 114 Å². The van der Waals surface area contributed by atoms with Gasteiger partial charge in [0.25, 0.3) is 0 Å². The highest BCUT2D eigenvalue weighted by Crippen LogP contribution is 2.44. The summed E-state index contributed by atoms with van der Waals surface area (Å²) in [6.45, 7) is 4.59. The fourth-order valence-electron chi connectivity index (χ4n) is 4.82. The molecule has 4 rings (SSSR count). The molecule has 0 bridgehead atoms. The van der Waals surface area contributed by atoms with Gasteiger partial charge >= 0.3 is 12.1 Å². The fourth-order valence-corrected chi connectivity index (χ4v) is 4.82. The standard InChI is InChI=1S/C27H32N2O6/c1-17(11-12-24(30)31)13-28-25(32)27(2)16-34-15-23(27)29-26(33)35-14-22-20-9-5-3-7-18(20)19-8-4-6-10-21(19)22/h3-10,17,22-23H,11-16H2,1-2H3,(H,28,32)(H,29,33)(H,30,31). The number of aliphatic carboxylic acids is 1. The van der Waals surface area contributed by atoms with Crippen LogP contribution in [0, 0.1) is 11.3 Å². The lowest BCUT2D eigenvalue weighted by atomic mass is 9.84. The Bertz CT molecular complexity index is 1060.